The summed E-state index contributed by atoms with van der Waals surface area (Å²) >= 11 is 0. The van der Waals surface area contributed by atoms with E-state index in [1.807, 2.05) is 11.7 Å². The van der Waals surface area contributed by atoms with Crippen LogP contribution in [0, 0.1) is 0 Å². The molecule has 1 aromatic heterocycles. The largest absolute Gasteiger partial charge is 0.384 e. The first-order chi connectivity index (χ1) is 7.25. The average molecular weight is 206 g/mol. The third-order valence-corrected chi connectivity index (χ3v) is 3.62. The van der Waals surface area contributed by atoms with E-state index in [0.29, 0.717) is 0 Å². The fourth-order valence-electron chi connectivity index (χ4n) is 2.53. The molecule has 0 bridgehead atoms. The maximum absolute atomic E-state index is 6.01. The third kappa shape index (κ3) is 1.53. The Morgan fingerprint density at radius 2 is 2.00 bits per heavy atom. The molecule has 0 radical (unpaired) electrons. The Kier molecular flexibility index (Phi) is 1.99. The first-order valence-corrected chi connectivity index (χ1v) is 5.80. The van der Waals surface area contributed by atoms with Crippen molar-refractivity contribution in [2.24, 2.45) is 7.05 Å². The molecule has 82 valence electrons. The predicted octanol–water partition coefficient (Wildman–Crippen LogP) is 0.565. The molecule has 2 N–H and O–H groups in total. The van der Waals surface area contributed by atoms with E-state index in [1.54, 1.807) is 0 Å². The van der Waals surface area contributed by atoms with Crippen molar-refractivity contribution < 1.29 is 0 Å². The molecular weight excluding hydrogens is 188 g/mol. The Morgan fingerprint density at radius 1 is 1.27 bits per heavy atom. The van der Waals surface area contributed by atoms with E-state index in [9.17, 15) is 0 Å². The number of nitrogen functional groups attached to an aromatic ring is 1. The van der Waals surface area contributed by atoms with Crippen LogP contribution in [0.25, 0.3) is 0 Å². The summed E-state index contributed by atoms with van der Waals surface area (Å²) in [6.07, 6.45) is 4.92. The molecule has 4 heteroatoms. The van der Waals surface area contributed by atoms with E-state index in [2.05, 4.69) is 10.00 Å². The van der Waals surface area contributed by atoms with Crippen molar-refractivity contribution in [2.45, 2.75) is 31.7 Å². The van der Waals surface area contributed by atoms with Crippen molar-refractivity contribution in [3.63, 3.8) is 0 Å². The molecular formula is C11H18N4. The molecule has 0 spiro atoms. The minimum absolute atomic E-state index is 0.864. The second kappa shape index (κ2) is 3.23. The van der Waals surface area contributed by atoms with Gasteiger partial charge in [0.1, 0.15) is 5.82 Å². The van der Waals surface area contributed by atoms with Gasteiger partial charge in [0.05, 0.1) is 5.69 Å². The van der Waals surface area contributed by atoms with Crippen molar-refractivity contribution in [1.29, 1.82) is 0 Å². The minimum atomic E-state index is 0.864. The van der Waals surface area contributed by atoms with Crippen LogP contribution < -0.4 is 5.73 Å². The van der Waals surface area contributed by atoms with Gasteiger partial charge in [0.15, 0.2) is 0 Å². The molecule has 0 amide bonds. The van der Waals surface area contributed by atoms with Gasteiger partial charge >= 0.3 is 0 Å². The summed E-state index contributed by atoms with van der Waals surface area (Å²) in [5.74, 6) is 0.864. The van der Waals surface area contributed by atoms with Gasteiger partial charge < -0.3 is 5.73 Å². The number of hydrogen-bond acceptors (Lipinski definition) is 3. The number of hydrogen-bond donors (Lipinski definition) is 1. The molecule has 4 nitrogen and oxygen atoms in total. The summed E-state index contributed by atoms with van der Waals surface area (Å²) in [5.41, 5.74) is 8.52. The molecule has 2 aliphatic rings. The van der Waals surface area contributed by atoms with Gasteiger partial charge in [0.2, 0.25) is 0 Å². The predicted molar refractivity (Wildman–Crippen MR) is 59.6 cm³/mol. The maximum atomic E-state index is 6.01. The second-order valence-electron chi connectivity index (χ2n) is 4.70. The molecule has 3 rings (SSSR count). The monoisotopic (exact) mass is 206 g/mol. The van der Waals surface area contributed by atoms with Crippen LogP contribution in [0.4, 0.5) is 5.82 Å². The quantitative estimate of drug-likeness (QED) is 0.730. The number of aryl methyl sites for hydroxylation is 1. The lowest BCUT2D eigenvalue weighted by atomic mass is 10.1. The lowest BCUT2D eigenvalue weighted by molar-refractivity contribution is 0.276. The van der Waals surface area contributed by atoms with Crippen LogP contribution in [0.3, 0.4) is 0 Å². The summed E-state index contributed by atoms with van der Waals surface area (Å²) in [5, 5.41) is 4.49. The van der Waals surface area contributed by atoms with E-state index in [0.717, 1.165) is 37.8 Å². The standard InChI is InChI=1S/C11H18N4/c1-14-11(12)9-4-6-15(8-2-3-8)7-5-10(9)13-14/h8H,2-7,12H2,1H3. The Bertz CT molecular complexity index is 378. The van der Waals surface area contributed by atoms with Crippen molar-refractivity contribution in [3.8, 4) is 0 Å². The van der Waals surface area contributed by atoms with Crippen LogP contribution in [0.15, 0.2) is 0 Å². The van der Waals surface area contributed by atoms with Gasteiger partial charge in [-0.15, -0.1) is 0 Å². The lowest BCUT2D eigenvalue weighted by Gasteiger charge is -2.18. The zero-order valence-electron chi connectivity index (χ0n) is 9.24. The van der Waals surface area contributed by atoms with Crippen molar-refractivity contribution in [3.05, 3.63) is 11.3 Å². The summed E-state index contributed by atoms with van der Waals surface area (Å²) < 4.78 is 1.82. The molecule has 0 aromatic carbocycles. The molecule has 1 aliphatic carbocycles. The van der Waals surface area contributed by atoms with E-state index in [-0.39, 0.29) is 0 Å². The molecule has 1 aromatic rings. The van der Waals surface area contributed by atoms with Gasteiger partial charge in [-0.1, -0.05) is 0 Å². The van der Waals surface area contributed by atoms with Crippen molar-refractivity contribution in [2.75, 3.05) is 18.8 Å². The van der Waals surface area contributed by atoms with Crippen molar-refractivity contribution in [1.82, 2.24) is 14.7 Å². The third-order valence-electron chi connectivity index (χ3n) is 3.62. The number of nitrogens with two attached hydrogens (primary N) is 1. The van der Waals surface area contributed by atoms with Gasteiger partial charge in [-0.3, -0.25) is 9.58 Å². The number of rotatable bonds is 1. The minimum Gasteiger partial charge on any atom is -0.384 e. The summed E-state index contributed by atoms with van der Waals surface area (Å²) in [6, 6.07) is 0.865. The Balaban J connectivity index is 1.83. The first kappa shape index (κ1) is 9.21. The average Bonchev–Trinajstić information content (AvgIpc) is 2.99. The zero-order valence-corrected chi connectivity index (χ0v) is 9.24. The number of aromatic nitrogens is 2. The smallest absolute Gasteiger partial charge is 0.124 e. The van der Waals surface area contributed by atoms with E-state index >= 15 is 0 Å². The summed E-state index contributed by atoms with van der Waals surface area (Å²) in [7, 11) is 1.93. The van der Waals surface area contributed by atoms with Crippen LogP contribution >= 0.6 is 0 Å². The molecule has 0 unspecified atom stereocenters. The van der Waals surface area contributed by atoms with Gasteiger partial charge in [-0.2, -0.15) is 5.10 Å². The highest BCUT2D eigenvalue weighted by molar-refractivity contribution is 5.44. The van der Waals surface area contributed by atoms with Gasteiger partial charge in [0.25, 0.3) is 0 Å². The highest BCUT2D eigenvalue weighted by Gasteiger charge is 2.30. The van der Waals surface area contributed by atoms with Gasteiger partial charge in [-0.05, 0) is 19.3 Å². The molecule has 1 fully saturated rings. The van der Waals surface area contributed by atoms with Crippen LogP contribution in [0.5, 0.6) is 0 Å². The van der Waals surface area contributed by atoms with Crippen molar-refractivity contribution >= 4 is 5.82 Å². The topological polar surface area (TPSA) is 47.1 Å². The molecule has 0 atom stereocenters. The Labute approximate surface area is 90.0 Å². The highest BCUT2D eigenvalue weighted by Crippen LogP contribution is 2.29. The normalized spacial score (nSPS) is 22.5. The molecule has 1 aliphatic heterocycles. The number of nitrogens with zero attached hydrogens (tertiary/aromatic N) is 3. The van der Waals surface area contributed by atoms with Crippen LogP contribution in [0.1, 0.15) is 24.1 Å². The molecule has 1 saturated carbocycles. The maximum Gasteiger partial charge on any atom is 0.124 e. The molecule has 2 heterocycles. The second-order valence-corrected chi connectivity index (χ2v) is 4.70. The molecule has 0 saturated heterocycles. The van der Waals surface area contributed by atoms with Crippen LogP contribution in [-0.4, -0.2) is 33.8 Å². The number of fused-ring (bicyclic) bond motifs is 1. The Hall–Kier alpha value is -1.03. The van der Waals surface area contributed by atoms with Gasteiger partial charge in [0, 0.05) is 38.2 Å². The fourth-order valence-corrected chi connectivity index (χ4v) is 2.53. The zero-order chi connectivity index (χ0) is 10.4. The number of anilines is 1. The first-order valence-electron chi connectivity index (χ1n) is 5.80. The van der Waals surface area contributed by atoms with E-state index < -0.39 is 0 Å². The summed E-state index contributed by atoms with van der Waals surface area (Å²) in [4.78, 5) is 2.60. The highest BCUT2D eigenvalue weighted by atomic mass is 15.3. The van der Waals surface area contributed by atoms with E-state index in [4.69, 9.17) is 5.73 Å². The SMILES string of the molecule is Cn1nc2c(c1N)CCN(C1CC1)CC2. The van der Waals surface area contributed by atoms with Gasteiger partial charge in [-0.25, -0.2) is 0 Å². The lowest BCUT2D eigenvalue weighted by Crippen LogP contribution is -2.28. The van der Waals surface area contributed by atoms with Crippen LogP contribution in [-0.2, 0) is 19.9 Å². The van der Waals surface area contributed by atoms with E-state index in [1.165, 1.54) is 24.1 Å². The Morgan fingerprint density at radius 3 is 2.73 bits per heavy atom. The fraction of sp³-hybridized carbons (Fsp3) is 0.727. The van der Waals surface area contributed by atoms with Crippen LogP contribution in [0.2, 0.25) is 0 Å². The summed E-state index contributed by atoms with van der Waals surface area (Å²) in [6.45, 7) is 2.32. The molecule has 15 heavy (non-hydrogen) atoms.